The first-order valence-electron chi connectivity index (χ1n) is 29.6. The average Bonchev–Trinajstić information content (AvgIpc) is 2.58. The van der Waals surface area contributed by atoms with Crippen LogP contribution in [0.1, 0.15) is 93.3 Å². The number of nitrogens with one attached hydrogen (secondary N) is 6. The number of nitrogens with zero attached hydrogens (tertiary/aromatic N) is 6. The van der Waals surface area contributed by atoms with E-state index in [1.807, 2.05) is 34.9 Å². The molecule has 1 aliphatic carbocycles. The first-order chi connectivity index (χ1) is 42.2. The fourth-order valence-electron chi connectivity index (χ4n) is 12.2. The number of amides is 8. The summed E-state index contributed by atoms with van der Waals surface area (Å²) in [6.07, 6.45) is 6.85. The zero-order valence-corrected chi connectivity index (χ0v) is 50.5. The van der Waals surface area contributed by atoms with Crippen molar-refractivity contribution in [2.45, 2.75) is 133 Å². The quantitative estimate of drug-likeness (QED) is 0.110. The summed E-state index contributed by atoms with van der Waals surface area (Å²) in [6, 6.07) is 15.8. The molecule has 462 valence electrons. The lowest BCUT2D eigenvalue weighted by molar-refractivity contribution is -0.146. The van der Waals surface area contributed by atoms with Crippen LogP contribution in [0.2, 0.25) is 0 Å². The van der Waals surface area contributed by atoms with E-state index in [1.165, 1.54) is 61.9 Å². The normalized spacial score (nSPS) is 22.0. The van der Waals surface area contributed by atoms with Crippen molar-refractivity contribution >= 4 is 75.5 Å². The second kappa shape index (κ2) is 27.0. The summed E-state index contributed by atoms with van der Waals surface area (Å²) in [7, 11) is 1.53. The highest BCUT2D eigenvalue weighted by Gasteiger charge is 2.48. The molecule has 6 bridgehead atoms. The van der Waals surface area contributed by atoms with E-state index < -0.39 is 94.8 Å². The molecule has 7 atom stereocenters. The molecule has 2 saturated heterocycles. The fourth-order valence-corrected chi connectivity index (χ4v) is 13.0. The average molecular weight is 1220 g/mol. The van der Waals surface area contributed by atoms with Gasteiger partial charge in [0.1, 0.15) is 64.9 Å². The van der Waals surface area contributed by atoms with Crippen LogP contribution in [0.5, 0.6) is 5.75 Å². The van der Waals surface area contributed by atoms with Crippen LogP contribution in [0.4, 0.5) is 8.78 Å². The van der Waals surface area contributed by atoms with Crippen LogP contribution in [0, 0.1) is 11.6 Å². The molecule has 0 unspecified atom stereocenters. The van der Waals surface area contributed by atoms with Gasteiger partial charge in [-0.1, -0.05) is 41.6 Å². The second-order valence-corrected chi connectivity index (χ2v) is 24.3. The Morgan fingerprint density at radius 3 is 2.44 bits per heavy atom. The van der Waals surface area contributed by atoms with Gasteiger partial charge in [0, 0.05) is 74.4 Å². The van der Waals surface area contributed by atoms with Gasteiger partial charge in [-0.05, 0) is 141 Å². The molecule has 2 fully saturated rings. The molecule has 4 aliphatic rings. The van der Waals surface area contributed by atoms with Crippen LogP contribution in [-0.2, 0) is 69.9 Å². The third kappa shape index (κ3) is 14.1. The van der Waals surface area contributed by atoms with E-state index >= 15 is 14.0 Å². The lowest BCUT2D eigenvalue weighted by atomic mass is 9.95. The maximum atomic E-state index is 15.5. The molecule has 88 heavy (non-hydrogen) atoms. The molecule has 0 saturated carbocycles. The van der Waals surface area contributed by atoms with E-state index in [4.69, 9.17) is 4.74 Å². The monoisotopic (exact) mass is 1220 g/mol. The number of thioether (sulfide) groups is 1. The summed E-state index contributed by atoms with van der Waals surface area (Å²) >= 11 is 1.62. The van der Waals surface area contributed by atoms with Crippen molar-refractivity contribution in [1.29, 1.82) is 0 Å². The number of methoxy groups -OCH3 is 1. The van der Waals surface area contributed by atoms with Gasteiger partial charge in [-0.2, -0.15) is 11.8 Å². The number of allylic oxidation sites excluding steroid dienone is 1. The van der Waals surface area contributed by atoms with Gasteiger partial charge < -0.3 is 51.0 Å². The topological polar surface area (TPSA) is 260 Å². The maximum absolute atomic E-state index is 15.5. The van der Waals surface area contributed by atoms with Crippen LogP contribution < -0.4 is 36.6 Å². The Morgan fingerprint density at radius 2 is 1.66 bits per heavy atom. The molecular weight excluding hydrogens is 1150 g/mol. The molecule has 10 rings (SSSR count). The molecule has 2 aromatic heterocycles. The number of halogens is 2. The highest BCUT2D eigenvalue weighted by molar-refractivity contribution is 7.98. The number of carbonyl (C=O) groups is 8. The van der Waals surface area contributed by atoms with Gasteiger partial charge in [0.2, 0.25) is 47.3 Å². The SMILES string of the molecule is COc1ccc(C[C@@H]2NC(=O)[C@H](C)NC(=O)[C@@H]3CCCN3C(=O)[C@H](NC(=O)[C@H](CC3=CCc4ccc(F)cc43)NC(=O)[C@@H](C)NC(C)=O)Cc3cn(c4ccc(F)cc34)Cc3cn(nn3)-c3cccc(c3)CSCCNC(=O)[C@]3(C)CCCN3C2=O)cc1. The Morgan fingerprint density at radius 1 is 0.875 bits per heavy atom. The standard InChI is InChI=1S/C64H72F2N12O9S/c1-37(68-39(3)79)57(80)70-52(29-43-15-14-42-16-17-45(65)31-50(42)43)59(82)72-54-30-44-33-75(55-21-18-46(66)32-51(44)55)34-47-35-78(74-73-47)48-10-6-9-41(27-48)36-88-26-23-67-63(86)64(4)22-8-25-77(64)62(85)53(28-40-12-19-49(87-5)20-13-40)71-58(81)38(2)69-60(83)56-11-7-24-76(56)61(54)84/h6,9-10,12-13,15-21,27,31-33,35,37-38,52-54,56H,7-8,11,14,22-26,28-30,34,36H2,1-5H3,(H,67,86)(H,68,79)(H,69,83)(H,70,80)(H,71,81)(H,72,82)/t37-,38+,52+,53+,54-,56+,64+/m1/s1. The minimum atomic E-state index is -1.48. The van der Waals surface area contributed by atoms with Crippen LogP contribution in [0.25, 0.3) is 22.2 Å². The van der Waals surface area contributed by atoms with Crippen molar-refractivity contribution in [2.24, 2.45) is 0 Å². The fraction of sp³-hybridized carbons (Fsp3) is 0.406. The number of fused-ring (bicyclic) bond motifs is 13. The Kier molecular flexibility index (Phi) is 19.1. The van der Waals surface area contributed by atoms with Crippen LogP contribution >= 0.6 is 11.8 Å². The van der Waals surface area contributed by atoms with E-state index in [9.17, 15) is 33.2 Å². The molecule has 21 nitrogen and oxygen atoms in total. The highest BCUT2D eigenvalue weighted by atomic mass is 32.2. The van der Waals surface area contributed by atoms with Crippen molar-refractivity contribution in [3.8, 4) is 11.4 Å². The molecule has 8 amide bonds. The number of ether oxygens (including phenoxy) is 1. The Bertz CT molecular complexity index is 3700. The lowest BCUT2D eigenvalue weighted by Gasteiger charge is -2.36. The van der Waals surface area contributed by atoms with Gasteiger partial charge in [0.05, 0.1) is 25.5 Å². The van der Waals surface area contributed by atoms with Gasteiger partial charge in [-0.15, -0.1) is 5.10 Å². The molecular formula is C64H72F2N12O9S. The zero-order chi connectivity index (χ0) is 62.4. The number of rotatable bonds is 10. The van der Waals surface area contributed by atoms with Crippen molar-refractivity contribution in [3.63, 3.8) is 0 Å². The molecule has 0 radical (unpaired) electrons. The summed E-state index contributed by atoms with van der Waals surface area (Å²) in [4.78, 5) is 117. The molecule has 3 aliphatic heterocycles. The van der Waals surface area contributed by atoms with Crippen molar-refractivity contribution in [1.82, 2.24) is 61.3 Å². The summed E-state index contributed by atoms with van der Waals surface area (Å²) in [6.45, 7) is 6.67. The summed E-state index contributed by atoms with van der Waals surface area (Å²) in [5.41, 5.74) is 4.63. The molecule has 0 spiro atoms. The smallest absolute Gasteiger partial charge is 0.246 e. The van der Waals surface area contributed by atoms with Crippen LogP contribution in [0.15, 0.2) is 103 Å². The van der Waals surface area contributed by atoms with Gasteiger partial charge in [-0.25, -0.2) is 13.5 Å². The molecule has 5 heterocycles. The largest absolute Gasteiger partial charge is 0.497 e. The van der Waals surface area contributed by atoms with E-state index in [2.05, 4.69) is 42.2 Å². The first kappa shape index (κ1) is 62.1. The van der Waals surface area contributed by atoms with E-state index in [0.717, 1.165) is 16.8 Å². The number of hydrogen-bond acceptors (Lipinski definition) is 12. The predicted octanol–water partition coefficient (Wildman–Crippen LogP) is 4.59. The number of hydrogen-bond donors (Lipinski definition) is 6. The number of aromatic nitrogens is 4. The Balaban J connectivity index is 0.997. The lowest BCUT2D eigenvalue weighted by Crippen LogP contribution is -2.61. The summed E-state index contributed by atoms with van der Waals surface area (Å²) in [5.74, 6) is -4.25. The number of benzene rings is 4. The third-order valence-electron chi connectivity index (χ3n) is 16.9. The Labute approximate surface area is 512 Å². The van der Waals surface area contributed by atoms with Gasteiger partial charge in [-0.3, -0.25) is 38.4 Å². The van der Waals surface area contributed by atoms with E-state index in [0.29, 0.717) is 88.3 Å². The summed E-state index contributed by atoms with van der Waals surface area (Å²) < 4.78 is 39.1. The van der Waals surface area contributed by atoms with Crippen molar-refractivity contribution in [2.75, 3.05) is 32.5 Å². The molecule has 6 aromatic rings. The van der Waals surface area contributed by atoms with Crippen molar-refractivity contribution < 1.29 is 51.9 Å². The number of carbonyl (C=O) groups excluding carboxylic acids is 8. The molecule has 6 N–H and O–H groups in total. The van der Waals surface area contributed by atoms with Gasteiger partial charge in [0.25, 0.3) is 0 Å². The van der Waals surface area contributed by atoms with Crippen molar-refractivity contribution in [3.05, 3.63) is 149 Å². The van der Waals surface area contributed by atoms with Gasteiger partial charge >= 0.3 is 0 Å². The minimum absolute atomic E-state index is 0.0327. The predicted molar refractivity (Wildman–Crippen MR) is 325 cm³/mol. The van der Waals surface area contributed by atoms with Crippen LogP contribution in [0.3, 0.4) is 0 Å². The highest BCUT2D eigenvalue weighted by Crippen LogP contribution is 2.34. The molecule has 24 heteroatoms. The minimum Gasteiger partial charge on any atom is -0.497 e. The zero-order valence-electron chi connectivity index (χ0n) is 49.7. The van der Waals surface area contributed by atoms with E-state index in [1.54, 1.807) is 72.2 Å². The van der Waals surface area contributed by atoms with Gasteiger partial charge in [0.15, 0.2) is 0 Å². The maximum Gasteiger partial charge on any atom is 0.246 e. The molecule has 4 aromatic carbocycles. The second-order valence-electron chi connectivity index (χ2n) is 23.2. The first-order valence-corrected chi connectivity index (χ1v) is 30.8. The van der Waals surface area contributed by atoms with Crippen LogP contribution in [-0.4, -0.2) is 151 Å². The Hall–Kier alpha value is -8.93. The third-order valence-corrected chi connectivity index (χ3v) is 17.9. The summed E-state index contributed by atoms with van der Waals surface area (Å²) in [5, 5.41) is 26.2. The van der Waals surface area contributed by atoms with E-state index in [-0.39, 0.29) is 51.2 Å².